The number of hydrogen-bond acceptors (Lipinski definition) is 1. The maximum Gasteiger partial charge on any atom is 0.252 e. The van der Waals surface area contributed by atoms with Gasteiger partial charge in [-0.15, -0.1) is 11.6 Å². The van der Waals surface area contributed by atoms with Crippen LogP contribution in [0.15, 0.2) is 22.7 Å². The average Bonchev–Trinajstić information content (AvgIpc) is 2.29. The Kier molecular flexibility index (Phi) is 5.22. The summed E-state index contributed by atoms with van der Waals surface area (Å²) in [6.45, 7) is 1.92. The van der Waals surface area contributed by atoms with Gasteiger partial charge in [-0.1, -0.05) is 13.0 Å². The third-order valence-electron chi connectivity index (χ3n) is 2.21. The predicted octanol–water partition coefficient (Wildman–Crippen LogP) is 3.34. The number of carbonyl (C=O) groups is 1. The van der Waals surface area contributed by atoms with Gasteiger partial charge >= 0.3 is 0 Å². The van der Waals surface area contributed by atoms with Crippen LogP contribution in [0, 0.1) is 5.82 Å². The first-order valence-electron chi connectivity index (χ1n) is 4.91. The van der Waals surface area contributed by atoms with Crippen LogP contribution in [0.4, 0.5) is 4.39 Å². The molecule has 1 atom stereocenters. The Labute approximate surface area is 107 Å². The van der Waals surface area contributed by atoms with E-state index in [4.69, 9.17) is 11.6 Å². The number of amides is 1. The zero-order valence-corrected chi connectivity index (χ0v) is 11.1. The van der Waals surface area contributed by atoms with E-state index in [-0.39, 0.29) is 22.0 Å². The van der Waals surface area contributed by atoms with Crippen molar-refractivity contribution in [2.24, 2.45) is 0 Å². The molecule has 0 aliphatic carbocycles. The number of hydrogen-bond donors (Lipinski definition) is 1. The zero-order valence-electron chi connectivity index (χ0n) is 8.77. The lowest BCUT2D eigenvalue weighted by Gasteiger charge is -2.14. The van der Waals surface area contributed by atoms with Crippen LogP contribution in [-0.2, 0) is 0 Å². The molecule has 16 heavy (non-hydrogen) atoms. The molecule has 0 radical (unpaired) electrons. The van der Waals surface area contributed by atoms with Crippen LogP contribution < -0.4 is 5.32 Å². The highest BCUT2D eigenvalue weighted by Crippen LogP contribution is 2.20. The van der Waals surface area contributed by atoms with Gasteiger partial charge in [0.05, 0.1) is 10.0 Å². The Balaban J connectivity index is 2.84. The SMILES string of the molecule is CCC(CCl)NC(=O)c1cccc(F)c1Br. The summed E-state index contributed by atoms with van der Waals surface area (Å²) in [6.07, 6.45) is 0.738. The van der Waals surface area contributed by atoms with Crippen LogP contribution in [-0.4, -0.2) is 17.8 Å². The third kappa shape index (κ3) is 3.19. The highest BCUT2D eigenvalue weighted by atomic mass is 79.9. The van der Waals surface area contributed by atoms with E-state index in [1.165, 1.54) is 12.1 Å². The molecule has 1 unspecified atom stereocenters. The van der Waals surface area contributed by atoms with Crippen molar-refractivity contribution in [1.82, 2.24) is 5.32 Å². The Hall–Kier alpha value is -0.610. The number of nitrogens with one attached hydrogen (secondary N) is 1. The van der Waals surface area contributed by atoms with Gasteiger partial charge in [0.2, 0.25) is 0 Å². The van der Waals surface area contributed by atoms with Crippen molar-refractivity contribution in [3.8, 4) is 0 Å². The fraction of sp³-hybridized carbons (Fsp3) is 0.364. The molecule has 0 aromatic heterocycles. The summed E-state index contributed by atoms with van der Waals surface area (Å²) in [5, 5.41) is 2.73. The number of carbonyl (C=O) groups excluding carboxylic acids is 1. The number of benzene rings is 1. The number of rotatable bonds is 4. The summed E-state index contributed by atoms with van der Waals surface area (Å²) >= 11 is 8.72. The molecule has 1 amide bonds. The molecule has 1 rings (SSSR count). The lowest BCUT2D eigenvalue weighted by molar-refractivity contribution is 0.0938. The van der Waals surface area contributed by atoms with Gasteiger partial charge in [-0.25, -0.2) is 4.39 Å². The van der Waals surface area contributed by atoms with Gasteiger partial charge in [0.15, 0.2) is 0 Å². The topological polar surface area (TPSA) is 29.1 Å². The van der Waals surface area contributed by atoms with Gasteiger partial charge in [-0.05, 0) is 34.5 Å². The molecule has 0 heterocycles. The molecule has 0 fully saturated rings. The van der Waals surface area contributed by atoms with E-state index in [0.29, 0.717) is 5.88 Å². The second kappa shape index (κ2) is 6.21. The lowest BCUT2D eigenvalue weighted by Crippen LogP contribution is -2.35. The van der Waals surface area contributed by atoms with Crippen molar-refractivity contribution in [3.05, 3.63) is 34.1 Å². The van der Waals surface area contributed by atoms with Crippen LogP contribution >= 0.6 is 27.5 Å². The normalized spacial score (nSPS) is 12.2. The minimum absolute atomic E-state index is 0.0932. The van der Waals surface area contributed by atoms with E-state index >= 15 is 0 Å². The van der Waals surface area contributed by atoms with Crippen LogP contribution in [0.2, 0.25) is 0 Å². The zero-order chi connectivity index (χ0) is 12.1. The predicted molar refractivity (Wildman–Crippen MR) is 66.4 cm³/mol. The molecular formula is C11H12BrClFNO. The maximum absolute atomic E-state index is 13.2. The van der Waals surface area contributed by atoms with Crippen molar-refractivity contribution in [2.45, 2.75) is 19.4 Å². The summed E-state index contributed by atoms with van der Waals surface area (Å²) < 4.78 is 13.4. The monoisotopic (exact) mass is 307 g/mol. The first kappa shape index (κ1) is 13.5. The quantitative estimate of drug-likeness (QED) is 0.849. The Morgan fingerprint density at radius 2 is 2.31 bits per heavy atom. The summed E-state index contributed by atoms with van der Waals surface area (Å²) in [4.78, 5) is 11.8. The molecule has 0 spiro atoms. The molecule has 1 aromatic rings. The fourth-order valence-corrected chi connectivity index (χ4v) is 1.93. The van der Waals surface area contributed by atoms with Gasteiger partial charge < -0.3 is 5.32 Å². The van der Waals surface area contributed by atoms with Crippen molar-refractivity contribution in [2.75, 3.05) is 5.88 Å². The van der Waals surface area contributed by atoms with Crippen LogP contribution in [0.25, 0.3) is 0 Å². The molecular weight excluding hydrogens is 296 g/mol. The standard InChI is InChI=1S/C11H12BrClFNO/c1-2-7(6-13)15-11(16)8-4-3-5-9(14)10(8)12/h3-5,7H,2,6H2,1H3,(H,15,16). The highest BCUT2D eigenvalue weighted by Gasteiger charge is 2.15. The first-order valence-corrected chi connectivity index (χ1v) is 6.23. The van der Waals surface area contributed by atoms with Crippen LogP contribution in [0.3, 0.4) is 0 Å². The summed E-state index contributed by atoms with van der Waals surface area (Å²) in [6, 6.07) is 4.25. The Morgan fingerprint density at radius 3 is 2.88 bits per heavy atom. The molecule has 0 saturated heterocycles. The van der Waals surface area contributed by atoms with Crippen molar-refractivity contribution in [3.63, 3.8) is 0 Å². The molecule has 0 aliphatic rings. The van der Waals surface area contributed by atoms with Crippen LogP contribution in [0.1, 0.15) is 23.7 Å². The van der Waals surface area contributed by atoms with E-state index in [1.807, 2.05) is 6.92 Å². The smallest absolute Gasteiger partial charge is 0.252 e. The fourth-order valence-electron chi connectivity index (χ4n) is 1.19. The van der Waals surface area contributed by atoms with Gasteiger partial charge in [0, 0.05) is 11.9 Å². The van der Waals surface area contributed by atoms with E-state index < -0.39 is 5.82 Å². The first-order chi connectivity index (χ1) is 7.60. The molecule has 5 heteroatoms. The van der Waals surface area contributed by atoms with Crippen LogP contribution in [0.5, 0.6) is 0 Å². The molecule has 1 aromatic carbocycles. The minimum Gasteiger partial charge on any atom is -0.348 e. The Morgan fingerprint density at radius 1 is 1.62 bits per heavy atom. The average molecular weight is 309 g/mol. The number of alkyl halides is 1. The second-order valence-electron chi connectivity index (χ2n) is 3.33. The maximum atomic E-state index is 13.2. The minimum atomic E-state index is -0.452. The van der Waals surface area contributed by atoms with E-state index in [1.54, 1.807) is 6.07 Å². The van der Waals surface area contributed by atoms with Gasteiger partial charge in [0.1, 0.15) is 5.82 Å². The summed E-state index contributed by atoms with van der Waals surface area (Å²) in [7, 11) is 0. The van der Waals surface area contributed by atoms with Gasteiger partial charge in [-0.3, -0.25) is 4.79 Å². The summed E-state index contributed by atoms with van der Waals surface area (Å²) in [5.74, 6) is -0.430. The molecule has 0 saturated carbocycles. The summed E-state index contributed by atoms with van der Waals surface area (Å²) in [5.41, 5.74) is 0.281. The molecule has 2 nitrogen and oxygen atoms in total. The Bertz CT molecular complexity index is 382. The lowest BCUT2D eigenvalue weighted by atomic mass is 10.2. The molecule has 0 aliphatic heterocycles. The van der Waals surface area contributed by atoms with Crippen molar-refractivity contribution < 1.29 is 9.18 Å². The van der Waals surface area contributed by atoms with E-state index in [2.05, 4.69) is 21.2 Å². The van der Waals surface area contributed by atoms with Crippen molar-refractivity contribution >= 4 is 33.4 Å². The molecule has 1 N–H and O–H groups in total. The van der Waals surface area contributed by atoms with Crippen molar-refractivity contribution in [1.29, 1.82) is 0 Å². The van der Waals surface area contributed by atoms with Gasteiger partial charge in [0.25, 0.3) is 5.91 Å². The third-order valence-corrected chi connectivity index (χ3v) is 3.39. The second-order valence-corrected chi connectivity index (χ2v) is 4.44. The molecule has 0 bridgehead atoms. The van der Waals surface area contributed by atoms with Gasteiger partial charge in [-0.2, -0.15) is 0 Å². The largest absolute Gasteiger partial charge is 0.348 e. The highest BCUT2D eigenvalue weighted by molar-refractivity contribution is 9.10. The molecule has 88 valence electrons. The number of halogens is 3. The van der Waals surface area contributed by atoms with E-state index in [9.17, 15) is 9.18 Å². The van der Waals surface area contributed by atoms with E-state index in [0.717, 1.165) is 6.42 Å².